The van der Waals surface area contributed by atoms with Crippen molar-refractivity contribution in [2.75, 3.05) is 13.2 Å². The first kappa shape index (κ1) is 27.3. The van der Waals surface area contributed by atoms with E-state index in [9.17, 15) is 34.0 Å². The third-order valence-electron chi connectivity index (χ3n) is 4.86. The van der Waals surface area contributed by atoms with Crippen LogP contribution in [-0.2, 0) is 32.4 Å². The third kappa shape index (κ3) is 6.66. The third-order valence-corrected chi connectivity index (χ3v) is 5.83. The number of ether oxygens (including phenoxy) is 3. The Bertz CT molecular complexity index is 1060. The van der Waals surface area contributed by atoms with Crippen LogP contribution in [0.15, 0.2) is 21.9 Å². The monoisotopic (exact) mass is 536 g/mol. The molecule has 2 saturated heterocycles. The Balaban J connectivity index is 1.82. The van der Waals surface area contributed by atoms with E-state index in [0.717, 1.165) is 16.8 Å². The molecule has 0 unspecified atom stereocenters. The number of nitrogens with zero attached hydrogens (tertiary/aromatic N) is 1. The van der Waals surface area contributed by atoms with Gasteiger partial charge in [-0.3, -0.25) is 23.4 Å². The first-order chi connectivity index (χ1) is 15.7. The summed E-state index contributed by atoms with van der Waals surface area (Å²) in [5.41, 5.74) is -1.76. The molecule has 34 heavy (non-hydrogen) atoms. The van der Waals surface area contributed by atoms with Crippen LogP contribution in [0.4, 0.5) is 0 Å². The average molecular weight is 536 g/mol. The van der Waals surface area contributed by atoms with Crippen molar-refractivity contribution in [1.82, 2.24) is 9.55 Å². The molecule has 3 rings (SSSR count). The minimum Gasteiger partial charge on any atom is -0.387 e. The Labute approximate surface area is 188 Å². The molecule has 0 amide bonds. The van der Waals surface area contributed by atoms with Gasteiger partial charge < -0.3 is 49.1 Å². The lowest BCUT2D eigenvalue weighted by Crippen LogP contribution is -2.44. The van der Waals surface area contributed by atoms with Gasteiger partial charge in [0.25, 0.3) is 5.56 Å². The van der Waals surface area contributed by atoms with Gasteiger partial charge in [-0.25, -0.2) is 13.9 Å². The van der Waals surface area contributed by atoms with Crippen LogP contribution in [0, 0.1) is 0 Å². The van der Waals surface area contributed by atoms with Gasteiger partial charge >= 0.3 is 21.3 Å². The summed E-state index contributed by atoms with van der Waals surface area (Å²) in [5, 5.41) is 30.9. The highest BCUT2D eigenvalue weighted by Crippen LogP contribution is 2.40. The first-order valence-electron chi connectivity index (χ1n) is 9.38. The zero-order valence-electron chi connectivity index (χ0n) is 16.8. The Morgan fingerprint density at radius 3 is 2.00 bits per heavy atom. The molecule has 18 nitrogen and oxygen atoms in total. The lowest BCUT2D eigenvalue weighted by Gasteiger charge is -2.26. The van der Waals surface area contributed by atoms with Gasteiger partial charge in [-0.1, -0.05) is 0 Å². The number of phosphoric ester groups is 2. The van der Waals surface area contributed by atoms with Gasteiger partial charge in [0.1, 0.15) is 36.6 Å². The van der Waals surface area contributed by atoms with Crippen LogP contribution < -0.4 is 11.2 Å². The molecule has 0 spiro atoms. The minimum atomic E-state index is -4.97. The largest absolute Gasteiger partial charge is 0.469 e. The molecule has 2 fully saturated rings. The highest BCUT2D eigenvalue weighted by molar-refractivity contribution is 7.46. The number of H-pyrrole nitrogens is 1. The quantitative estimate of drug-likeness (QED) is 0.139. The van der Waals surface area contributed by atoms with E-state index < -0.39 is 89.2 Å². The fraction of sp³-hybridized carbons (Fsp3) is 0.714. The second kappa shape index (κ2) is 10.3. The fourth-order valence-corrected chi connectivity index (χ4v) is 4.00. The molecule has 0 aromatic carbocycles. The standard InChI is InChI=1S/C14H22N2O16P2/c17-7-1-2-16(14(21)15-7)12-11(9(19)6(30-12)4-29-34(25,26)27)32-13-10(20)8(18)5(31-13)3-28-33(22,23)24/h1-2,5-6,8-13,18-20H,3-4H2,(H,15,17,21)(H2,22,23,24)(H2,25,26,27)/t5-,6-,8-,9-,10-,11-,12-,13+/m1/s1. The van der Waals surface area contributed by atoms with Crippen molar-refractivity contribution in [3.05, 3.63) is 33.1 Å². The maximum Gasteiger partial charge on any atom is 0.469 e. The normalized spacial score (nSPS) is 34.6. The highest BCUT2D eigenvalue weighted by Gasteiger charge is 2.52. The molecule has 0 aliphatic carbocycles. The van der Waals surface area contributed by atoms with Crippen LogP contribution in [0.2, 0.25) is 0 Å². The average Bonchev–Trinajstić information content (AvgIpc) is 3.15. The molecule has 8 atom stereocenters. The highest BCUT2D eigenvalue weighted by atomic mass is 31.2. The molecule has 2 aliphatic heterocycles. The van der Waals surface area contributed by atoms with Crippen molar-refractivity contribution in [3.8, 4) is 0 Å². The van der Waals surface area contributed by atoms with Gasteiger partial charge in [-0.05, 0) is 0 Å². The Hall–Kier alpha value is -1.34. The van der Waals surface area contributed by atoms with Crippen LogP contribution in [0.3, 0.4) is 0 Å². The molecule has 0 saturated carbocycles. The Kier molecular flexibility index (Phi) is 8.28. The van der Waals surface area contributed by atoms with Crippen molar-refractivity contribution in [3.63, 3.8) is 0 Å². The lowest BCUT2D eigenvalue weighted by atomic mass is 10.1. The van der Waals surface area contributed by atoms with E-state index in [1.54, 1.807) is 0 Å². The smallest absolute Gasteiger partial charge is 0.387 e. The van der Waals surface area contributed by atoms with E-state index in [0.29, 0.717) is 0 Å². The summed E-state index contributed by atoms with van der Waals surface area (Å²) in [6.07, 6.45) is -12.1. The van der Waals surface area contributed by atoms with Crippen LogP contribution in [-0.4, -0.2) is 101 Å². The molecule has 0 bridgehead atoms. The van der Waals surface area contributed by atoms with Gasteiger partial charge in [0.2, 0.25) is 0 Å². The SMILES string of the molecule is O=c1ccn([C@@H]2O[C@H](COP(=O)(O)O)[C@@H](O)[C@H]2O[C@@H]2O[C@H](COP(=O)(O)O)[C@@H](O)[C@H]2O)c(=O)[nH]1. The summed E-state index contributed by atoms with van der Waals surface area (Å²) < 4.78 is 47.4. The van der Waals surface area contributed by atoms with Gasteiger partial charge in [-0.2, -0.15) is 0 Å². The maximum atomic E-state index is 12.2. The molecule has 194 valence electrons. The molecule has 0 radical (unpaired) electrons. The van der Waals surface area contributed by atoms with Crippen LogP contribution in [0.5, 0.6) is 0 Å². The zero-order chi connectivity index (χ0) is 25.4. The molecular weight excluding hydrogens is 514 g/mol. The fourth-order valence-electron chi connectivity index (χ4n) is 3.32. The van der Waals surface area contributed by atoms with Gasteiger partial charge in [0, 0.05) is 12.3 Å². The summed E-state index contributed by atoms with van der Waals surface area (Å²) >= 11 is 0. The number of phosphoric acid groups is 2. The maximum absolute atomic E-state index is 12.2. The number of nitrogens with one attached hydrogen (secondary N) is 1. The minimum absolute atomic E-state index is 0.760. The molecule has 1 aromatic rings. The summed E-state index contributed by atoms with van der Waals surface area (Å²) in [5.74, 6) is 0. The van der Waals surface area contributed by atoms with Crippen molar-refractivity contribution in [1.29, 1.82) is 0 Å². The number of aliphatic hydroxyl groups excluding tert-OH is 3. The molecule has 1 aromatic heterocycles. The number of aromatic nitrogens is 2. The Morgan fingerprint density at radius 1 is 0.912 bits per heavy atom. The molecule has 8 N–H and O–H groups in total. The van der Waals surface area contributed by atoms with Crippen LogP contribution in [0.1, 0.15) is 6.23 Å². The first-order valence-corrected chi connectivity index (χ1v) is 12.4. The van der Waals surface area contributed by atoms with Crippen LogP contribution >= 0.6 is 15.6 Å². The topological polar surface area (TPSA) is 277 Å². The van der Waals surface area contributed by atoms with Crippen molar-refractivity contribution in [2.45, 2.75) is 49.1 Å². The number of hydrogen-bond acceptors (Lipinski definition) is 12. The van der Waals surface area contributed by atoms with E-state index in [4.69, 9.17) is 33.8 Å². The zero-order valence-corrected chi connectivity index (χ0v) is 18.6. The second-order valence-corrected chi connectivity index (χ2v) is 9.75. The Morgan fingerprint density at radius 2 is 1.47 bits per heavy atom. The lowest BCUT2D eigenvalue weighted by molar-refractivity contribution is -0.219. The summed E-state index contributed by atoms with van der Waals surface area (Å²) in [6.45, 7) is -1.69. The van der Waals surface area contributed by atoms with E-state index in [1.165, 1.54) is 0 Å². The summed E-state index contributed by atoms with van der Waals surface area (Å²) in [6, 6.07) is 0.938. The summed E-state index contributed by atoms with van der Waals surface area (Å²) in [7, 11) is -9.90. The predicted octanol–water partition coefficient (Wildman–Crippen LogP) is -4.15. The second-order valence-electron chi connectivity index (χ2n) is 7.27. The van der Waals surface area contributed by atoms with Crippen molar-refractivity contribution < 1.29 is 67.3 Å². The van der Waals surface area contributed by atoms with E-state index in [-0.39, 0.29) is 0 Å². The summed E-state index contributed by atoms with van der Waals surface area (Å²) in [4.78, 5) is 60.9. The van der Waals surface area contributed by atoms with Gasteiger partial charge in [0.05, 0.1) is 13.2 Å². The molecule has 2 aliphatic rings. The molecule has 3 heterocycles. The van der Waals surface area contributed by atoms with Gasteiger partial charge in [-0.15, -0.1) is 0 Å². The van der Waals surface area contributed by atoms with Gasteiger partial charge in [0.15, 0.2) is 12.5 Å². The number of aliphatic hydroxyl groups is 3. The number of aromatic amines is 1. The van der Waals surface area contributed by atoms with E-state index in [1.807, 2.05) is 4.98 Å². The van der Waals surface area contributed by atoms with Crippen molar-refractivity contribution >= 4 is 15.6 Å². The number of hydrogen-bond donors (Lipinski definition) is 8. The molecular formula is C14H22N2O16P2. The van der Waals surface area contributed by atoms with Crippen molar-refractivity contribution in [2.24, 2.45) is 0 Å². The van der Waals surface area contributed by atoms with E-state index in [2.05, 4.69) is 9.05 Å². The molecule has 20 heteroatoms. The number of rotatable bonds is 9. The van der Waals surface area contributed by atoms with E-state index >= 15 is 0 Å². The predicted molar refractivity (Wildman–Crippen MR) is 103 cm³/mol. The van der Waals surface area contributed by atoms with Crippen LogP contribution in [0.25, 0.3) is 0 Å².